The SMILES string of the molecule is C=C1C=CC(CC)=NN1/C(Cc1cc(Br)ccc1OC)=C(\C)CC(CCC(C)C)CC(=O)c1ccc(OC)c(COC)c1Cl. The van der Waals surface area contributed by atoms with E-state index in [4.69, 9.17) is 30.9 Å². The van der Waals surface area contributed by atoms with Crippen LogP contribution in [0.2, 0.25) is 5.02 Å². The molecule has 1 aliphatic heterocycles. The molecule has 0 amide bonds. The van der Waals surface area contributed by atoms with Crippen molar-refractivity contribution in [3.63, 3.8) is 0 Å². The highest BCUT2D eigenvalue weighted by atomic mass is 79.9. The average molecular weight is 686 g/mol. The highest BCUT2D eigenvalue weighted by molar-refractivity contribution is 9.10. The molecule has 0 fully saturated rings. The van der Waals surface area contributed by atoms with Crippen molar-refractivity contribution in [2.24, 2.45) is 16.9 Å². The molecule has 2 aromatic carbocycles. The topological polar surface area (TPSA) is 60.4 Å². The molecule has 1 unspecified atom stereocenters. The van der Waals surface area contributed by atoms with Gasteiger partial charge in [0.1, 0.15) is 11.5 Å². The van der Waals surface area contributed by atoms with E-state index in [1.54, 1.807) is 33.5 Å². The van der Waals surface area contributed by atoms with Crippen LogP contribution in [0.5, 0.6) is 11.5 Å². The Bertz CT molecular complexity index is 1430. The molecule has 0 aromatic heterocycles. The van der Waals surface area contributed by atoms with Gasteiger partial charge in [-0.25, -0.2) is 5.01 Å². The third-order valence-electron chi connectivity index (χ3n) is 7.91. The summed E-state index contributed by atoms with van der Waals surface area (Å²) in [6.45, 7) is 13.3. The van der Waals surface area contributed by atoms with Gasteiger partial charge in [-0.15, -0.1) is 0 Å². The maximum Gasteiger partial charge on any atom is 0.164 e. The zero-order valence-corrected chi connectivity index (χ0v) is 29.5. The summed E-state index contributed by atoms with van der Waals surface area (Å²) >= 11 is 10.4. The Balaban J connectivity index is 2.04. The van der Waals surface area contributed by atoms with Crippen LogP contribution >= 0.6 is 27.5 Å². The van der Waals surface area contributed by atoms with Crippen molar-refractivity contribution >= 4 is 39.0 Å². The first-order valence-corrected chi connectivity index (χ1v) is 16.3. The molecule has 0 aliphatic carbocycles. The summed E-state index contributed by atoms with van der Waals surface area (Å²) in [7, 11) is 4.88. The largest absolute Gasteiger partial charge is 0.496 e. The lowest BCUT2D eigenvalue weighted by atomic mass is 9.85. The highest BCUT2D eigenvalue weighted by Crippen LogP contribution is 2.36. The molecule has 1 aliphatic rings. The lowest BCUT2D eigenvalue weighted by molar-refractivity contribution is 0.0956. The van der Waals surface area contributed by atoms with Crippen LogP contribution in [0, 0.1) is 11.8 Å². The van der Waals surface area contributed by atoms with E-state index >= 15 is 0 Å². The van der Waals surface area contributed by atoms with Crippen molar-refractivity contribution in [2.45, 2.75) is 72.8 Å². The molecule has 0 bridgehead atoms. The number of methoxy groups -OCH3 is 3. The number of benzene rings is 2. The van der Waals surface area contributed by atoms with Crippen molar-refractivity contribution in [3.05, 3.63) is 92.2 Å². The van der Waals surface area contributed by atoms with Crippen LogP contribution in [0.3, 0.4) is 0 Å². The predicted octanol–water partition coefficient (Wildman–Crippen LogP) is 9.95. The second kappa shape index (κ2) is 17.0. The number of ether oxygens (including phenoxy) is 3. The number of hydrogen-bond donors (Lipinski definition) is 0. The van der Waals surface area contributed by atoms with Crippen LogP contribution in [0.4, 0.5) is 0 Å². The Morgan fingerprint density at radius 2 is 1.75 bits per heavy atom. The zero-order valence-electron chi connectivity index (χ0n) is 27.1. The van der Waals surface area contributed by atoms with Gasteiger partial charge in [0.05, 0.1) is 37.3 Å². The molecule has 1 atom stereocenters. The van der Waals surface area contributed by atoms with Gasteiger partial charge in [-0.05, 0) is 80.5 Å². The van der Waals surface area contributed by atoms with Crippen LogP contribution in [-0.4, -0.2) is 37.8 Å². The number of hydrogen-bond acceptors (Lipinski definition) is 6. The lowest BCUT2D eigenvalue weighted by Crippen LogP contribution is -2.23. The van der Waals surface area contributed by atoms with E-state index in [1.165, 1.54) is 0 Å². The third kappa shape index (κ3) is 9.32. The van der Waals surface area contributed by atoms with Crippen LogP contribution < -0.4 is 9.47 Å². The highest BCUT2D eigenvalue weighted by Gasteiger charge is 2.25. The monoisotopic (exact) mass is 684 g/mol. The number of carbonyl (C=O) groups is 1. The first-order valence-electron chi connectivity index (χ1n) is 15.2. The Labute approximate surface area is 276 Å². The van der Waals surface area contributed by atoms with E-state index in [9.17, 15) is 4.79 Å². The van der Waals surface area contributed by atoms with E-state index in [0.717, 1.165) is 64.1 Å². The van der Waals surface area contributed by atoms with Gasteiger partial charge < -0.3 is 14.2 Å². The minimum Gasteiger partial charge on any atom is -0.496 e. The van der Waals surface area contributed by atoms with Gasteiger partial charge in [0.15, 0.2) is 5.78 Å². The fourth-order valence-electron chi connectivity index (χ4n) is 5.44. The number of allylic oxidation sites excluding steroid dienone is 4. The molecule has 8 heteroatoms. The standard InChI is InChI=1S/C36H46BrClN2O4/c1-9-29-14-11-25(5)40(39-29)32(21-27-20-28(37)13-16-34(27)43-7)24(4)18-26(12-10-23(2)3)19-33(41)30-15-17-35(44-8)31(22-42-6)36(30)38/h11,13-17,20,23,26H,5,9-10,12,18-19,21-22H2,1-4,6-8H3/b32-24+. The van der Waals surface area contributed by atoms with Crippen LogP contribution in [0.15, 0.2) is 75.6 Å². The summed E-state index contributed by atoms with van der Waals surface area (Å²) in [4.78, 5) is 13.8. The molecule has 0 N–H and O–H groups in total. The smallest absolute Gasteiger partial charge is 0.164 e. The average Bonchev–Trinajstić information content (AvgIpc) is 3.00. The van der Waals surface area contributed by atoms with E-state index in [1.807, 2.05) is 29.3 Å². The van der Waals surface area contributed by atoms with Gasteiger partial charge in [0.2, 0.25) is 0 Å². The Hall–Kier alpha value is -2.87. The molecular weight excluding hydrogens is 640 g/mol. The molecule has 0 spiro atoms. The summed E-state index contributed by atoms with van der Waals surface area (Å²) < 4.78 is 17.5. The second-order valence-electron chi connectivity index (χ2n) is 11.7. The molecule has 2 aromatic rings. The third-order valence-corrected chi connectivity index (χ3v) is 8.83. The Kier molecular flexibility index (Phi) is 13.8. The molecule has 238 valence electrons. The number of ketones is 1. The van der Waals surface area contributed by atoms with Crippen molar-refractivity contribution in [3.8, 4) is 11.5 Å². The van der Waals surface area contributed by atoms with Crippen molar-refractivity contribution in [2.75, 3.05) is 21.3 Å². The van der Waals surface area contributed by atoms with Crippen molar-refractivity contribution < 1.29 is 19.0 Å². The van der Waals surface area contributed by atoms with E-state index in [2.05, 4.69) is 56.3 Å². The fourth-order valence-corrected chi connectivity index (χ4v) is 6.17. The Morgan fingerprint density at radius 3 is 2.39 bits per heavy atom. The van der Waals surface area contributed by atoms with Gasteiger partial charge in [0.25, 0.3) is 0 Å². The van der Waals surface area contributed by atoms with E-state index in [-0.39, 0.29) is 18.3 Å². The molecule has 1 heterocycles. The van der Waals surface area contributed by atoms with Gasteiger partial charge in [0, 0.05) is 46.8 Å². The Morgan fingerprint density at radius 1 is 1.05 bits per heavy atom. The van der Waals surface area contributed by atoms with Gasteiger partial charge in [-0.2, -0.15) is 5.10 Å². The predicted molar refractivity (Wildman–Crippen MR) is 185 cm³/mol. The lowest BCUT2D eigenvalue weighted by Gasteiger charge is -2.30. The van der Waals surface area contributed by atoms with Crippen molar-refractivity contribution in [1.29, 1.82) is 0 Å². The number of Topliss-reactive ketones (excluding diaryl/α,β-unsaturated/α-hetero) is 1. The molecule has 44 heavy (non-hydrogen) atoms. The summed E-state index contributed by atoms with van der Waals surface area (Å²) in [5.41, 5.74) is 6.20. The van der Waals surface area contributed by atoms with Crippen LogP contribution in [-0.2, 0) is 17.8 Å². The minimum absolute atomic E-state index is 0.0170. The first kappa shape index (κ1) is 35.6. The van der Waals surface area contributed by atoms with E-state index in [0.29, 0.717) is 40.7 Å². The molecule has 0 saturated carbocycles. The minimum atomic E-state index is 0.0170. The molecule has 0 saturated heterocycles. The summed E-state index contributed by atoms with van der Waals surface area (Å²) in [5.74, 6) is 2.06. The van der Waals surface area contributed by atoms with Crippen LogP contribution in [0.25, 0.3) is 0 Å². The summed E-state index contributed by atoms with van der Waals surface area (Å²) in [5, 5.41) is 7.33. The van der Waals surface area contributed by atoms with Crippen LogP contribution in [0.1, 0.15) is 81.3 Å². The summed E-state index contributed by atoms with van der Waals surface area (Å²) in [6.07, 6.45) is 8.48. The second-order valence-corrected chi connectivity index (χ2v) is 12.9. The number of nitrogens with zero attached hydrogens (tertiary/aromatic N) is 2. The van der Waals surface area contributed by atoms with Gasteiger partial charge in [-0.1, -0.05) is 66.9 Å². The first-order chi connectivity index (χ1) is 21.0. The molecular formula is C36H46BrClN2O4. The maximum absolute atomic E-state index is 13.8. The molecule has 3 rings (SSSR count). The van der Waals surface area contributed by atoms with Crippen molar-refractivity contribution in [1.82, 2.24) is 5.01 Å². The fraction of sp³-hybridized carbons (Fsp3) is 0.444. The number of carbonyl (C=O) groups excluding carboxylic acids is 1. The zero-order chi connectivity index (χ0) is 32.4. The quantitative estimate of drug-likeness (QED) is 0.165. The molecule has 6 nitrogen and oxygen atoms in total. The summed E-state index contributed by atoms with van der Waals surface area (Å²) in [6, 6.07) is 9.59. The van der Waals surface area contributed by atoms with Gasteiger partial charge >= 0.3 is 0 Å². The van der Waals surface area contributed by atoms with Gasteiger partial charge in [-0.3, -0.25) is 4.79 Å². The number of halogens is 2. The number of rotatable bonds is 16. The number of hydrazone groups is 1. The normalized spacial score (nSPS) is 14.5. The maximum atomic E-state index is 13.8. The van der Waals surface area contributed by atoms with E-state index < -0.39 is 0 Å². The molecule has 0 radical (unpaired) electrons.